The van der Waals surface area contributed by atoms with E-state index in [1.165, 1.54) is 0 Å². The maximum atomic E-state index is 5.99. The largest absolute Gasteiger partial charge is 0.471 e. The normalized spacial score (nSPS) is 10.8. The van der Waals surface area contributed by atoms with Crippen molar-refractivity contribution in [3.8, 4) is 5.88 Å². The zero-order valence-electron chi connectivity index (χ0n) is 11.3. The third-order valence-electron chi connectivity index (χ3n) is 3.06. The molecule has 0 saturated carbocycles. The van der Waals surface area contributed by atoms with Crippen LogP contribution in [0.25, 0.3) is 11.0 Å². The van der Waals surface area contributed by atoms with Crippen molar-refractivity contribution >= 4 is 34.2 Å². The topological polar surface area (TPSA) is 35.0 Å². The summed E-state index contributed by atoms with van der Waals surface area (Å²) >= 11 is 11.9. The van der Waals surface area contributed by atoms with Gasteiger partial charge in [-0.05, 0) is 36.8 Å². The minimum atomic E-state index is 0.366. The fraction of sp³-hybridized carbons (Fsp3) is 0.125. The van der Waals surface area contributed by atoms with Gasteiger partial charge in [0.15, 0.2) is 0 Å². The number of hydrogen-bond donors (Lipinski definition) is 0. The van der Waals surface area contributed by atoms with Crippen molar-refractivity contribution in [2.45, 2.75) is 13.5 Å². The van der Waals surface area contributed by atoms with Gasteiger partial charge < -0.3 is 4.74 Å². The highest BCUT2D eigenvalue weighted by molar-refractivity contribution is 6.42. The van der Waals surface area contributed by atoms with E-state index in [-0.39, 0.29) is 0 Å². The van der Waals surface area contributed by atoms with E-state index >= 15 is 0 Å². The Bertz CT molecular complexity index is 805. The van der Waals surface area contributed by atoms with Gasteiger partial charge in [0.25, 0.3) is 0 Å². The van der Waals surface area contributed by atoms with E-state index in [9.17, 15) is 0 Å². The van der Waals surface area contributed by atoms with Crippen LogP contribution < -0.4 is 4.74 Å². The van der Waals surface area contributed by atoms with Crippen molar-refractivity contribution in [2.75, 3.05) is 0 Å². The van der Waals surface area contributed by atoms with Gasteiger partial charge in [-0.3, -0.25) is 0 Å². The molecular formula is C16H12Cl2N2O. The number of nitrogens with zero attached hydrogens (tertiary/aromatic N) is 2. The second-order valence-electron chi connectivity index (χ2n) is 4.64. The standard InChI is InChI=1S/C16H12Cl2N2O/c1-10-16(20-15-5-3-2-4-14(15)19-10)21-9-11-6-7-12(17)13(18)8-11/h2-8H,9H2,1H3. The monoisotopic (exact) mass is 318 g/mol. The number of hydrogen-bond acceptors (Lipinski definition) is 3. The first-order valence-electron chi connectivity index (χ1n) is 6.43. The fourth-order valence-corrected chi connectivity index (χ4v) is 2.31. The van der Waals surface area contributed by atoms with Crippen LogP contribution in [-0.2, 0) is 6.61 Å². The molecule has 0 unspecified atom stereocenters. The summed E-state index contributed by atoms with van der Waals surface area (Å²) in [6.07, 6.45) is 0. The molecule has 2 aromatic carbocycles. The van der Waals surface area contributed by atoms with Gasteiger partial charge in [0.05, 0.1) is 21.1 Å². The van der Waals surface area contributed by atoms with Gasteiger partial charge >= 0.3 is 0 Å². The molecule has 0 radical (unpaired) electrons. The van der Waals surface area contributed by atoms with Crippen molar-refractivity contribution in [1.82, 2.24) is 9.97 Å². The van der Waals surface area contributed by atoms with Crippen LogP contribution in [0.1, 0.15) is 11.3 Å². The molecule has 3 aromatic rings. The molecule has 106 valence electrons. The van der Waals surface area contributed by atoms with E-state index in [2.05, 4.69) is 9.97 Å². The number of halogens is 2. The molecule has 1 heterocycles. The molecule has 0 aliphatic rings. The van der Waals surface area contributed by atoms with Crippen LogP contribution in [0, 0.1) is 6.92 Å². The highest BCUT2D eigenvalue weighted by atomic mass is 35.5. The minimum absolute atomic E-state index is 0.366. The van der Waals surface area contributed by atoms with Gasteiger partial charge in [-0.1, -0.05) is 41.4 Å². The van der Waals surface area contributed by atoms with Crippen LogP contribution in [0.5, 0.6) is 5.88 Å². The fourth-order valence-electron chi connectivity index (χ4n) is 1.99. The number of aromatic nitrogens is 2. The van der Waals surface area contributed by atoms with Gasteiger partial charge in [0.2, 0.25) is 5.88 Å². The van der Waals surface area contributed by atoms with Gasteiger partial charge in [-0.2, -0.15) is 0 Å². The molecule has 21 heavy (non-hydrogen) atoms. The molecular weight excluding hydrogens is 307 g/mol. The lowest BCUT2D eigenvalue weighted by Crippen LogP contribution is -2.01. The average Bonchev–Trinajstić information content (AvgIpc) is 2.48. The van der Waals surface area contributed by atoms with E-state index in [4.69, 9.17) is 27.9 Å². The Hall–Kier alpha value is -1.84. The lowest BCUT2D eigenvalue weighted by atomic mass is 10.2. The Labute approximate surface area is 132 Å². The van der Waals surface area contributed by atoms with Crippen molar-refractivity contribution in [1.29, 1.82) is 0 Å². The van der Waals surface area contributed by atoms with E-state index in [1.807, 2.05) is 37.3 Å². The first-order chi connectivity index (χ1) is 10.1. The minimum Gasteiger partial charge on any atom is -0.471 e. The molecule has 0 N–H and O–H groups in total. The molecule has 3 rings (SSSR count). The summed E-state index contributed by atoms with van der Waals surface area (Å²) < 4.78 is 5.75. The number of fused-ring (bicyclic) bond motifs is 1. The van der Waals surface area contributed by atoms with Crippen molar-refractivity contribution in [2.24, 2.45) is 0 Å². The highest BCUT2D eigenvalue weighted by Crippen LogP contribution is 2.24. The maximum Gasteiger partial charge on any atom is 0.236 e. The first-order valence-corrected chi connectivity index (χ1v) is 7.19. The third-order valence-corrected chi connectivity index (χ3v) is 3.80. The summed E-state index contributed by atoms with van der Waals surface area (Å²) in [7, 11) is 0. The number of rotatable bonds is 3. The lowest BCUT2D eigenvalue weighted by Gasteiger charge is -2.09. The Morgan fingerprint density at radius 3 is 2.38 bits per heavy atom. The molecule has 0 saturated heterocycles. The summed E-state index contributed by atoms with van der Waals surface area (Å²) in [6, 6.07) is 13.1. The smallest absolute Gasteiger partial charge is 0.236 e. The zero-order chi connectivity index (χ0) is 14.8. The molecule has 0 atom stereocenters. The van der Waals surface area contributed by atoms with E-state index in [0.717, 1.165) is 22.3 Å². The van der Waals surface area contributed by atoms with E-state index in [0.29, 0.717) is 22.5 Å². The number of benzene rings is 2. The Kier molecular flexibility index (Phi) is 3.95. The second-order valence-corrected chi connectivity index (χ2v) is 5.45. The van der Waals surface area contributed by atoms with Crippen LogP contribution in [-0.4, -0.2) is 9.97 Å². The molecule has 0 fully saturated rings. The van der Waals surface area contributed by atoms with Gasteiger partial charge in [-0.15, -0.1) is 0 Å². The summed E-state index contributed by atoms with van der Waals surface area (Å²) in [5, 5.41) is 1.04. The number of aryl methyl sites for hydroxylation is 1. The zero-order valence-corrected chi connectivity index (χ0v) is 12.8. The maximum absolute atomic E-state index is 5.99. The van der Waals surface area contributed by atoms with Crippen LogP contribution in [0.15, 0.2) is 42.5 Å². The summed E-state index contributed by atoms with van der Waals surface area (Å²) in [4.78, 5) is 8.97. The highest BCUT2D eigenvalue weighted by Gasteiger charge is 2.07. The van der Waals surface area contributed by atoms with Crippen LogP contribution >= 0.6 is 23.2 Å². The van der Waals surface area contributed by atoms with E-state index < -0.39 is 0 Å². The Balaban J connectivity index is 1.84. The average molecular weight is 319 g/mol. The Morgan fingerprint density at radius 2 is 1.67 bits per heavy atom. The summed E-state index contributed by atoms with van der Waals surface area (Å²) in [5.41, 5.74) is 3.36. The van der Waals surface area contributed by atoms with E-state index in [1.54, 1.807) is 12.1 Å². The predicted molar refractivity (Wildman–Crippen MR) is 85.1 cm³/mol. The van der Waals surface area contributed by atoms with Crippen LogP contribution in [0.3, 0.4) is 0 Å². The number of ether oxygens (including phenoxy) is 1. The van der Waals surface area contributed by atoms with Crippen LogP contribution in [0.2, 0.25) is 10.0 Å². The molecule has 0 aliphatic heterocycles. The van der Waals surface area contributed by atoms with Crippen LogP contribution in [0.4, 0.5) is 0 Å². The third kappa shape index (κ3) is 3.09. The quantitative estimate of drug-likeness (QED) is 0.694. The predicted octanol–water partition coefficient (Wildman–Crippen LogP) is 4.82. The van der Waals surface area contributed by atoms with Gasteiger partial charge in [-0.25, -0.2) is 9.97 Å². The van der Waals surface area contributed by atoms with Gasteiger partial charge in [0, 0.05) is 0 Å². The number of para-hydroxylation sites is 2. The molecule has 1 aromatic heterocycles. The molecule has 0 bridgehead atoms. The molecule has 0 aliphatic carbocycles. The summed E-state index contributed by atoms with van der Waals surface area (Å²) in [5.74, 6) is 0.528. The second kappa shape index (κ2) is 5.88. The molecule has 0 spiro atoms. The van der Waals surface area contributed by atoms with Gasteiger partial charge in [0.1, 0.15) is 12.3 Å². The Morgan fingerprint density at radius 1 is 0.952 bits per heavy atom. The first kappa shape index (κ1) is 14.1. The van der Waals surface area contributed by atoms with Crippen molar-refractivity contribution in [3.63, 3.8) is 0 Å². The van der Waals surface area contributed by atoms with Crippen molar-refractivity contribution in [3.05, 3.63) is 63.8 Å². The SMILES string of the molecule is Cc1nc2ccccc2nc1OCc1ccc(Cl)c(Cl)c1. The lowest BCUT2D eigenvalue weighted by molar-refractivity contribution is 0.291. The molecule has 5 heteroatoms. The van der Waals surface area contributed by atoms with Crippen molar-refractivity contribution < 1.29 is 4.74 Å². The molecule has 0 amide bonds. The summed E-state index contributed by atoms with van der Waals surface area (Å²) in [6.45, 7) is 2.24. The molecule has 3 nitrogen and oxygen atoms in total.